The van der Waals surface area contributed by atoms with Gasteiger partial charge in [-0.05, 0) is 55.7 Å². The fraction of sp³-hybridized carbons (Fsp3) is 0.679. The van der Waals surface area contributed by atoms with Gasteiger partial charge in [-0.25, -0.2) is 0 Å². The van der Waals surface area contributed by atoms with Gasteiger partial charge in [0.05, 0.1) is 5.92 Å². The Labute approximate surface area is 223 Å². The second-order valence-electron chi connectivity index (χ2n) is 11.9. The number of carbonyl (C=O) groups excluding carboxylic acids is 2. The lowest BCUT2D eigenvalue weighted by Gasteiger charge is -2.46. The first-order valence-electron chi connectivity index (χ1n) is 14.4. The quantitative estimate of drug-likeness (QED) is 0.632. The van der Waals surface area contributed by atoms with E-state index in [2.05, 4.69) is 20.4 Å². The van der Waals surface area contributed by atoms with E-state index in [0.717, 1.165) is 83.4 Å². The van der Waals surface area contributed by atoms with Crippen molar-refractivity contribution in [1.82, 2.24) is 25.4 Å². The molecule has 5 heterocycles. The Kier molecular flexibility index (Phi) is 6.28. The maximum absolute atomic E-state index is 13.4. The number of amides is 2. The zero-order valence-electron chi connectivity index (χ0n) is 22.0. The maximum Gasteiger partial charge on any atom is 0.298 e. The molecular formula is C28H38N6O4. The summed E-state index contributed by atoms with van der Waals surface area (Å²) in [4.78, 5) is 37.2. The van der Waals surface area contributed by atoms with Gasteiger partial charge < -0.3 is 24.3 Å². The first-order chi connectivity index (χ1) is 18.6. The summed E-state index contributed by atoms with van der Waals surface area (Å²) in [5.74, 6) is 0.288. The van der Waals surface area contributed by atoms with E-state index in [1.54, 1.807) is 0 Å². The molecule has 1 aromatic heterocycles. The smallest absolute Gasteiger partial charge is 0.298 e. The fourth-order valence-corrected chi connectivity index (χ4v) is 7.18. The number of piperazine rings is 1. The highest BCUT2D eigenvalue weighted by Crippen LogP contribution is 2.41. The lowest BCUT2D eigenvalue weighted by atomic mass is 9.80. The largest absolute Gasteiger partial charge is 0.423 e. The molecule has 5 fully saturated rings. The van der Waals surface area contributed by atoms with E-state index in [-0.39, 0.29) is 30.1 Å². The molecule has 3 atom stereocenters. The molecule has 4 saturated heterocycles. The van der Waals surface area contributed by atoms with Crippen molar-refractivity contribution in [2.75, 3.05) is 57.4 Å². The monoisotopic (exact) mass is 522 g/mol. The molecule has 1 saturated carbocycles. The van der Waals surface area contributed by atoms with E-state index in [4.69, 9.17) is 14.1 Å². The van der Waals surface area contributed by atoms with Crippen LogP contribution in [0.25, 0.3) is 11.1 Å². The molecule has 204 valence electrons. The van der Waals surface area contributed by atoms with Gasteiger partial charge in [-0.2, -0.15) is 4.98 Å². The SMILES string of the molecule is O=C1NC(N2CCN(C(=O)c3ccc4nc(N5CCC6(CCOCC6)C5)oc4c3)CC2)NC2CCCCC12. The van der Waals surface area contributed by atoms with Gasteiger partial charge in [-0.3, -0.25) is 19.8 Å². The summed E-state index contributed by atoms with van der Waals surface area (Å²) in [6.45, 7) is 6.27. The Bertz CT molecular complexity index is 1200. The van der Waals surface area contributed by atoms with Gasteiger partial charge in [0.1, 0.15) is 11.8 Å². The highest BCUT2D eigenvalue weighted by atomic mass is 16.5. The zero-order chi connectivity index (χ0) is 25.7. The predicted molar refractivity (Wildman–Crippen MR) is 142 cm³/mol. The molecule has 2 amide bonds. The molecule has 1 aliphatic carbocycles. The average Bonchev–Trinajstić information content (AvgIpc) is 3.57. The van der Waals surface area contributed by atoms with Crippen molar-refractivity contribution >= 4 is 28.9 Å². The van der Waals surface area contributed by atoms with E-state index >= 15 is 0 Å². The molecule has 0 radical (unpaired) electrons. The third-order valence-corrected chi connectivity index (χ3v) is 9.61. The van der Waals surface area contributed by atoms with Crippen molar-refractivity contribution < 1.29 is 18.7 Å². The van der Waals surface area contributed by atoms with Crippen LogP contribution < -0.4 is 15.5 Å². The Hall–Kier alpha value is -2.69. The van der Waals surface area contributed by atoms with Crippen molar-refractivity contribution in [3.8, 4) is 0 Å². The van der Waals surface area contributed by atoms with Crippen LogP contribution in [0.3, 0.4) is 0 Å². The van der Waals surface area contributed by atoms with E-state index < -0.39 is 0 Å². The summed E-state index contributed by atoms with van der Waals surface area (Å²) in [5, 5.41) is 6.83. The van der Waals surface area contributed by atoms with Crippen LogP contribution in [0.2, 0.25) is 0 Å². The summed E-state index contributed by atoms with van der Waals surface area (Å²) in [5.41, 5.74) is 2.39. The molecule has 2 aromatic rings. The Morgan fingerprint density at radius 3 is 2.68 bits per heavy atom. The number of rotatable bonds is 3. The Morgan fingerprint density at radius 2 is 1.84 bits per heavy atom. The Morgan fingerprint density at radius 1 is 1.03 bits per heavy atom. The van der Waals surface area contributed by atoms with Crippen LogP contribution in [0.4, 0.5) is 6.01 Å². The van der Waals surface area contributed by atoms with Gasteiger partial charge in [0.25, 0.3) is 11.9 Å². The minimum absolute atomic E-state index is 0.0137. The number of hydrogen-bond acceptors (Lipinski definition) is 8. The summed E-state index contributed by atoms with van der Waals surface area (Å²) in [7, 11) is 0. The van der Waals surface area contributed by atoms with Gasteiger partial charge in [0.2, 0.25) is 5.91 Å². The van der Waals surface area contributed by atoms with Gasteiger partial charge in [-0.1, -0.05) is 12.8 Å². The van der Waals surface area contributed by atoms with Crippen LogP contribution in [-0.2, 0) is 9.53 Å². The first-order valence-corrected chi connectivity index (χ1v) is 14.4. The number of ether oxygens (including phenoxy) is 1. The number of nitrogens with zero attached hydrogens (tertiary/aromatic N) is 4. The maximum atomic E-state index is 13.4. The number of nitrogens with one attached hydrogen (secondary N) is 2. The summed E-state index contributed by atoms with van der Waals surface area (Å²) in [6.07, 6.45) is 7.55. The van der Waals surface area contributed by atoms with Crippen LogP contribution in [0.1, 0.15) is 55.3 Å². The number of anilines is 1. The molecule has 10 heteroatoms. The molecule has 1 aromatic carbocycles. The number of carbonyl (C=O) groups is 2. The third-order valence-electron chi connectivity index (χ3n) is 9.61. The van der Waals surface area contributed by atoms with Crippen molar-refractivity contribution in [2.45, 2.75) is 57.3 Å². The lowest BCUT2D eigenvalue weighted by molar-refractivity contribution is -0.134. The number of oxazole rings is 1. The molecular weight excluding hydrogens is 484 g/mol. The number of hydrogen-bond donors (Lipinski definition) is 2. The summed E-state index contributed by atoms with van der Waals surface area (Å²) < 4.78 is 11.7. The van der Waals surface area contributed by atoms with Crippen molar-refractivity contribution in [2.24, 2.45) is 11.3 Å². The topological polar surface area (TPSA) is 103 Å². The summed E-state index contributed by atoms with van der Waals surface area (Å²) in [6, 6.07) is 6.52. The molecule has 3 unspecified atom stereocenters. The molecule has 4 aliphatic heterocycles. The van der Waals surface area contributed by atoms with Gasteiger partial charge in [-0.15, -0.1) is 0 Å². The van der Waals surface area contributed by atoms with Crippen molar-refractivity contribution in [3.05, 3.63) is 23.8 Å². The fourth-order valence-electron chi connectivity index (χ4n) is 7.18. The predicted octanol–water partition coefficient (Wildman–Crippen LogP) is 2.15. The van der Waals surface area contributed by atoms with Crippen LogP contribution in [0.5, 0.6) is 0 Å². The highest BCUT2D eigenvalue weighted by molar-refractivity contribution is 5.97. The second kappa shape index (κ2) is 9.81. The summed E-state index contributed by atoms with van der Waals surface area (Å²) >= 11 is 0. The standard InChI is InChI=1S/C28H38N6O4/c35-24-20-3-1-2-4-21(20)29-26(31-24)33-13-11-32(12-14-33)25(36)19-5-6-22-23(17-19)38-27(30-22)34-10-7-28(18-34)8-15-37-16-9-28/h5-6,17,20-21,26,29H,1-4,7-16,18H2,(H,31,35). The molecule has 38 heavy (non-hydrogen) atoms. The molecule has 10 nitrogen and oxygen atoms in total. The van der Waals surface area contributed by atoms with Gasteiger partial charge in [0, 0.05) is 64.1 Å². The normalized spacial score (nSPS) is 30.0. The molecule has 2 N–H and O–H groups in total. The number of benzene rings is 1. The highest BCUT2D eigenvalue weighted by Gasteiger charge is 2.41. The van der Waals surface area contributed by atoms with E-state index in [1.807, 2.05) is 23.1 Å². The van der Waals surface area contributed by atoms with Crippen LogP contribution in [0.15, 0.2) is 22.6 Å². The molecule has 1 spiro atoms. The van der Waals surface area contributed by atoms with Crippen molar-refractivity contribution in [1.29, 1.82) is 0 Å². The Balaban J connectivity index is 0.981. The number of fused-ring (bicyclic) bond motifs is 2. The molecule has 5 aliphatic rings. The van der Waals surface area contributed by atoms with Crippen LogP contribution in [0, 0.1) is 11.3 Å². The van der Waals surface area contributed by atoms with Gasteiger partial charge >= 0.3 is 0 Å². The van der Waals surface area contributed by atoms with E-state index in [0.29, 0.717) is 35.7 Å². The first kappa shape index (κ1) is 24.4. The minimum Gasteiger partial charge on any atom is -0.423 e. The van der Waals surface area contributed by atoms with Gasteiger partial charge in [0.15, 0.2) is 5.58 Å². The number of aromatic nitrogens is 1. The zero-order valence-corrected chi connectivity index (χ0v) is 22.0. The molecule has 7 rings (SSSR count). The third kappa shape index (κ3) is 4.46. The minimum atomic E-state index is -0.145. The van der Waals surface area contributed by atoms with Crippen molar-refractivity contribution in [3.63, 3.8) is 0 Å². The van der Waals surface area contributed by atoms with Crippen LogP contribution >= 0.6 is 0 Å². The molecule has 0 bridgehead atoms. The van der Waals surface area contributed by atoms with Crippen LogP contribution in [-0.4, -0.2) is 91.4 Å². The van der Waals surface area contributed by atoms with E-state index in [1.165, 1.54) is 6.42 Å². The lowest BCUT2D eigenvalue weighted by Crippen LogP contribution is -2.69. The average molecular weight is 523 g/mol. The van der Waals surface area contributed by atoms with E-state index in [9.17, 15) is 9.59 Å². The second-order valence-corrected chi connectivity index (χ2v) is 11.9.